The van der Waals surface area contributed by atoms with E-state index in [1.807, 2.05) is 0 Å². The van der Waals surface area contributed by atoms with Crippen molar-refractivity contribution < 1.29 is 9.00 Å². The minimum Gasteiger partial charge on any atom is -0.348 e. The molecule has 2 aromatic rings. The Balaban J connectivity index is 1.65. The molecule has 3 rings (SSSR count). The summed E-state index contributed by atoms with van der Waals surface area (Å²) < 4.78 is 20.4. The third-order valence-electron chi connectivity index (χ3n) is 4.41. The minimum atomic E-state index is -3.12. The predicted octanol–water partition coefficient (Wildman–Crippen LogP) is 3.26. The van der Waals surface area contributed by atoms with Gasteiger partial charge in [0.1, 0.15) is 5.56 Å². The first kappa shape index (κ1) is 19.4. The number of halogens is 1. The van der Waals surface area contributed by atoms with Crippen LogP contribution in [0.15, 0.2) is 51.5 Å². The third-order valence-corrected chi connectivity index (χ3v) is 6.22. The predicted molar refractivity (Wildman–Crippen MR) is 106 cm³/mol. The van der Waals surface area contributed by atoms with Crippen LogP contribution in [0.1, 0.15) is 34.5 Å². The zero-order valence-electron chi connectivity index (χ0n) is 14.6. The topological polar surface area (TPSA) is 103 Å². The summed E-state index contributed by atoms with van der Waals surface area (Å²) in [5.74, 6) is -0.489. The van der Waals surface area contributed by atoms with E-state index in [9.17, 15) is 13.8 Å². The summed E-state index contributed by atoms with van der Waals surface area (Å²) in [6, 6.07) is 7.88. The molecule has 142 valence electrons. The Hall–Kier alpha value is -2.38. The van der Waals surface area contributed by atoms with Crippen molar-refractivity contribution in [3.8, 4) is 0 Å². The Labute approximate surface area is 162 Å². The number of pyridine rings is 1. The number of nitrogens with one attached hydrogen (secondary N) is 3. The van der Waals surface area contributed by atoms with E-state index in [1.54, 1.807) is 18.2 Å². The van der Waals surface area contributed by atoms with E-state index in [0.29, 0.717) is 9.92 Å². The van der Waals surface area contributed by atoms with Gasteiger partial charge < -0.3 is 10.3 Å². The summed E-state index contributed by atoms with van der Waals surface area (Å²) in [4.78, 5) is 27.5. The Kier molecular flexibility index (Phi) is 5.82. The highest BCUT2D eigenvalue weighted by Crippen LogP contribution is 2.19. The van der Waals surface area contributed by atoms with Gasteiger partial charge >= 0.3 is 0 Å². The molecule has 0 fully saturated rings. The maximum Gasteiger partial charge on any atom is 0.261 e. The Morgan fingerprint density at radius 1 is 1.26 bits per heavy atom. The van der Waals surface area contributed by atoms with E-state index in [-0.39, 0.29) is 12.1 Å². The molecule has 27 heavy (non-hydrogen) atoms. The summed E-state index contributed by atoms with van der Waals surface area (Å²) in [5.41, 5.74) is 1.61. The number of amides is 1. The second kappa shape index (κ2) is 8.10. The van der Waals surface area contributed by atoms with Gasteiger partial charge in [-0.25, -0.2) is 8.99 Å². The average Bonchev–Trinajstić information content (AvgIpc) is 2.65. The molecule has 0 saturated heterocycles. The van der Waals surface area contributed by atoms with Gasteiger partial charge in [0.15, 0.2) is 0 Å². The van der Waals surface area contributed by atoms with Crippen molar-refractivity contribution in [2.24, 2.45) is 0 Å². The van der Waals surface area contributed by atoms with Crippen molar-refractivity contribution in [3.63, 3.8) is 0 Å². The fourth-order valence-corrected chi connectivity index (χ4v) is 4.18. The maximum atomic E-state index is 12.4. The number of benzene rings is 1. The molecule has 0 saturated carbocycles. The van der Waals surface area contributed by atoms with Crippen LogP contribution in [0.5, 0.6) is 0 Å². The number of aromatic amines is 1. The molecule has 1 aliphatic rings. The molecule has 8 heteroatoms. The molecule has 0 radical (unpaired) electrons. The largest absolute Gasteiger partial charge is 0.348 e. The van der Waals surface area contributed by atoms with E-state index in [1.165, 1.54) is 23.6 Å². The third kappa shape index (κ3) is 4.67. The molecule has 0 bridgehead atoms. The van der Waals surface area contributed by atoms with Crippen LogP contribution in [-0.2, 0) is 22.6 Å². The molecule has 1 heterocycles. The summed E-state index contributed by atoms with van der Waals surface area (Å²) in [6.07, 6.45) is 5.23. The first-order valence-electron chi connectivity index (χ1n) is 8.61. The van der Waals surface area contributed by atoms with Gasteiger partial charge in [-0.15, -0.1) is 0 Å². The summed E-state index contributed by atoms with van der Waals surface area (Å²) in [7, 11) is -3.12. The molecule has 1 atom stereocenters. The van der Waals surface area contributed by atoms with Crippen LogP contribution < -0.4 is 10.9 Å². The van der Waals surface area contributed by atoms with Crippen LogP contribution in [0.2, 0.25) is 5.02 Å². The van der Waals surface area contributed by atoms with Gasteiger partial charge in [0, 0.05) is 22.7 Å². The molecule has 1 aromatic heterocycles. The minimum absolute atomic E-state index is 0.0683. The number of H-pyrrole nitrogens is 1. The first-order valence-corrected chi connectivity index (χ1v) is 10.6. The van der Waals surface area contributed by atoms with Crippen LogP contribution in [0.3, 0.4) is 0 Å². The summed E-state index contributed by atoms with van der Waals surface area (Å²) in [6.45, 7) is 0.0683. The zero-order chi connectivity index (χ0) is 19.4. The Morgan fingerprint density at radius 2 is 1.96 bits per heavy atom. The van der Waals surface area contributed by atoms with Crippen molar-refractivity contribution in [3.05, 3.63) is 74.0 Å². The normalized spacial score (nSPS) is 15.9. The highest BCUT2D eigenvalue weighted by molar-refractivity contribution is 7.95. The van der Waals surface area contributed by atoms with Gasteiger partial charge in [-0.3, -0.25) is 9.59 Å². The number of carbonyl (C=O) groups is 1. The van der Waals surface area contributed by atoms with Crippen LogP contribution in [0.25, 0.3) is 0 Å². The fourth-order valence-electron chi connectivity index (χ4n) is 2.99. The van der Waals surface area contributed by atoms with E-state index in [4.69, 9.17) is 16.4 Å². The maximum absolute atomic E-state index is 12.4. The van der Waals surface area contributed by atoms with Gasteiger partial charge in [0.05, 0.1) is 14.6 Å². The van der Waals surface area contributed by atoms with Crippen LogP contribution in [0.4, 0.5) is 0 Å². The number of hydrogen-bond donors (Lipinski definition) is 3. The molecular formula is C19H20ClN3O3S. The van der Waals surface area contributed by atoms with Crippen LogP contribution >= 0.6 is 11.6 Å². The molecule has 1 amide bonds. The van der Waals surface area contributed by atoms with E-state index >= 15 is 0 Å². The number of fused-ring (bicyclic) bond motifs is 1. The molecule has 0 aliphatic heterocycles. The van der Waals surface area contributed by atoms with Gasteiger partial charge in [0.25, 0.3) is 11.5 Å². The van der Waals surface area contributed by atoms with Gasteiger partial charge in [-0.05, 0) is 61.6 Å². The number of aromatic nitrogens is 1. The molecule has 3 N–H and O–H groups in total. The molecular weight excluding hydrogens is 386 g/mol. The molecule has 0 spiro atoms. The van der Waals surface area contributed by atoms with Gasteiger partial charge in [-0.1, -0.05) is 17.7 Å². The highest BCUT2D eigenvalue weighted by Gasteiger charge is 2.16. The quantitative estimate of drug-likeness (QED) is 0.711. The van der Waals surface area contributed by atoms with Crippen LogP contribution in [-0.4, -0.2) is 21.6 Å². The SMILES string of the molecule is N=S(=O)(/C=C/CNC(=O)c1cc2c([nH]c1=O)CCCC2)c1ccc(Cl)cc1. The Bertz CT molecular complexity index is 1040. The van der Waals surface area contributed by atoms with Crippen LogP contribution in [0, 0.1) is 4.78 Å². The zero-order valence-corrected chi connectivity index (χ0v) is 16.2. The number of rotatable bonds is 5. The summed E-state index contributed by atoms with van der Waals surface area (Å²) in [5, 5.41) is 4.35. The lowest BCUT2D eigenvalue weighted by atomic mass is 9.95. The van der Waals surface area contributed by atoms with Crippen molar-refractivity contribution in [2.45, 2.75) is 30.6 Å². The van der Waals surface area contributed by atoms with E-state index in [2.05, 4.69) is 10.3 Å². The number of carbonyl (C=O) groups excluding carboxylic acids is 1. The van der Waals surface area contributed by atoms with E-state index in [0.717, 1.165) is 36.9 Å². The molecule has 1 aliphatic carbocycles. The van der Waals surface area contributed by atoms with Crippen molar-refractivity contribution in [1.29, 1.82) is 4.78 Å². The molecule has 1 unspecified atom stereocenters. The van der Waals surface area contributed by atoms with Gasteiger partial charge in [-0.2, -0.15) is 0 Å². The van der Waals surface area contributed by atoms with Crippen molar-refractivity contribution in [1.82, 2.24) is 10.3 Å². The first-order chi connectivity index (χ1) is 12.9. The fraction of sp³-hybridized carbons (Fsp3) is 0.263. The van der Waals surface area contributed by atoms with Gasteiger partial charge in [0.2, 0.25) is 0 Å². The summed E-state index contributed by atoms with van der Waals surface area (Å²) >= 11 is 5.79. The van der Waals surface area contributed by atoms with Crippen molar-refractivity contribution >= 4 is 27.2 Å². The molecule has 6 nitrogen and oxygen atoms in total. The highest BCUT2D eigenvalue weighted by atomic mass is 35.5. The lowest BCUT2D eigenvalue weighted by Gasteiger charge is -2.15. The smallest absolute Gasteiger partial charge is 0.261 e. The average molecular weight is 406 g/mol. The Morgan fingerprint density at radius 3 is 2.70 bits per heavy atom. The lowest BCUT2D eigenvalue weighted by Crippen LogP contribution is -2.31. The lowest BCUT2D eigenvalue weighted by molar-refractivity contribution is 0.0956. The van der Waals surface area contributed by atoms with Crippen molar-refractivity contribution in [2.75, 3.05) is 6.54 Å². The standard InChI is InChI=1S/C19H20ClN3O3S/c20-14-6-8-15(9-7-14)27(21,26)11-3-10-22-18(24)16-12-13-4-1-2-5-17(13)23-19(16)25/h3,6-9,11-12,21H,1-2,4-5,10H2,(H,22,24)(H,23,25)/b11-3+. The number of hydrogen-bond acceptors (Lipinski definition) is 4. The second-order valence-corrected chi connectivity index (χ2v) is 8.74. The van der Waals surface area contributed by atoms with E-state index < -0.39 is 21.2 Å². The second-order valence-electron chi connectivity index (χ2n) is 6.36. The molecule has 1 aromatic carbocycles. The number of aryl methyl sites for hydroxylation is 2. The monoisotopic (exact) mass is 405 g/mol.